The van der Waals surface area contributed by atoms with Crippen LogP contribution in [0.4, 0.5) is 4.79 Å². The molecule has 0 bridgehead atoms. The molecule has 6 heteroatoms. The zero-order chi connectivity index (χ0) is 19.2. The highest BCUT2D eigenvalue weighted by molar-refractivity contribution is 5.86. The Kier molecular flexibility index (Phi) is 6.72. The van der Waals surface area contributed by atoms with Gasteiger partial charge in [0.05, 0.1) is 0 Å². The van der Waals surface area contributed by atoms with Crippen LogP contribution in [0.25, 0.3) is 0 Å². The number of alkyl carbamates (subject to hydrolysis) is 1. The van der Waals surface area contributed by atoms with Gasteiger partial charge in [0.15, 0.2) is 0 Å². The quantitative estimate of drug-likeness (QED) is 0.735. The number of ether oxygens (including phenoxy) is 1. The Morgan fingerprint density at radius 3 is 2.63 bits per heavy atom. The van der Waals surface area contributed by atoms with E-state index in [1.165, 1.54) is 12.8 Å². The molecule has 1 unspecified atom stereocenters. The topological polar surface area (TPSA) is 70.7 Å². The number of benzene rings is 1. The second-order valence-corrected chi connectivity index (χ2v) is 7.79. The van der Waals surface area contributed by atoms with Crippen LogP contribution < -0.4 is 10.6 Å². The van der Waals surface area contributed by atoms with E-state index in [-0.39, 0.29) is 24.5 Å². The summed E-state index contributed by atoms with van der Waals surface area (Å²) >= 11 is 0. The van der Waals surface area contributed by atoms with E-state index in [1.54, 1.807) is 0 Å². The number of carbonyl (C=O) groups excluding carboxylic acids is 2. The molecule has 0 aromatic heterocycles. The highest BCUT2D eigenvalue weighted by atomic mass is 16.5. The van der Waals surface area contributed by atoms with Gasteiger partial charge in [0.25, 0.3) is 0 Å². The lowest BCUT2D eigenvalue weighted by molar-refractivity contribution is -0.124. The Morgan fingerprint density at radius 2 is 1.96 bits per heavy atom. The molecule has 1 aliphatic heterocycles. The first kappa shape index (κ1) is 19.7. The first-order chi connectivity index (χ1) is 13.1. The first-order valence-corrected chi connectivity index (χ1v) is 10.1. The number of hydrogen-bond donors (Lipinski definition) is 2. The van der Waals surface area contributed by atoms with Crippen molar-refractivity contribution in [3.05, 3.63) is 35.9 Å². The normalized spacial score (nSPS) is 22.1. The average Bonchev–Trinajstić information content (AvgIpc) is 3.44. The van der Waals surface area contributed by atoms with E-state index in [9.17, 15) is 9.59 Å². The van der Waals surface area contributed by atoms with E-state index < -0.39 is 12.1 Å². The molecule has 2 aliphatic rings. The molecule has 1 saturated heterocycles. The third-order valence-electron chi connectivity index (χ3n) is 5.61. The number of hydrogen-bond acceptors (Lipinski definition) is 4. The smallest absolute Gasteiger partial charge is 0.408 e. The van der Waals surface area contributed by atoms with Crippen LogP contribution in [-0.2, 0) is 16.1 Å². The van der Waals surface area contributed by atoms with Crippen LogP contribution >= 0.6 is 0 Å². The molecule has 0 spiro atoms. The van der Waals surface area contributed by atoms with Gasteiger partial charge in [0.2, 0.25) is 5.91 Å². The number of nitrogens with zero attached hydrogens (tertiary/aromatic N) is 1. The van der Waals surface area contributed by atoms with Crippen LogP contribution in [0.2, 0.25) is 0 Å². The maximum Gasteiger partial charge on any atom is 0.408 e. The molecule has 27 heavy (non-hydrogen) atoms. The van der Waals surface area contributed by atoms with E-state index >= 15 is 0 Å². The molecule has 148 valence electrons. The maximum absolute atomic E-state index is 12.8. The van der Waals surface area contributed by atoms with E-state index in [4.69, 9.17) is 4.74 Å². The fourth-order valence-electron chi connectivity index (χ4n) is 3.56. The van der Waals surface area contributed by atoms with Crippen LogP contribution in [0.1, 0.15) is 45.1 Å². The molecule has 2 amide bonds. The van der Waals surface area contributed by atoms with Gasteiger partial charge in [0.1, 0.15) is 12.6 Å². The van der Waals surface area contributed by atoms with E-state index in [1.807, 2.05) is 44.2 Å². The molecule has 2 N–H and O–H groups in total. The van der Waals surface area contributed by atoms with Crippen LogP contribution in [0.15, 0.2) is 30.3 Å². The summed E-state index contributed by atoms with van der Waals surface area (Å²) in [5.74, 6) is -0.0705. The minimum Gasteiger partial charge on any atom is -0.445 e. The summed E-state index contributed by atoms with van der Waals surface area (Å²) in [4.78, 5) is 27.5. The highest BCUT2D eigenvalue weighted by Gasteiger charge is 2.36. The molecule has 1 aromatic rings. The van der Waals surface area contributed by atoms with Gasteiger partial charge in [-0.05, 0) is 30.7 Å². The second-order valence-electron chi connectivity index (χ2n) is 7.79. The first-order valence-electron chi connectivity index (χ1n) is 10.1. The van der Waals surface area contributed by atoms with Crippen molar-refractivity contribution in [2.75, 3.05) is 13.1 Å². The molecule has 1 aromatic carbocycles. The summed E-state index contributed by atoms with van der Waals surface area (Å²) in [7, 11) is 0. The fourth-order valence-corrected chi connectivity index (χ4v) is 3.56. The minimum absolute atomic E-state index is 0.0372. The third kappa shape index (κ3) is 5.70. The van der Waals surface area contributed by atoms with Gasteiger partial charge in [-0.2, -0.15) is 0 Å². The van der Waals surface area contributed by atoms with Crippen LogP contribution in [-0.4, -0.2) is 48.1 Å². The molecule has 3 rings (SSSR count). The van der Waals surface area contributed by atoms with Crippen molar-refractivity contribution in [2.24, 2.45) is 5.92 Å². The maximum atomic E-state index is 12.8. The van der Waals surface area contributed by atoms with Gasteiger partial charge < -0.3 is 15.4 Å². The average molecular weight is 373 g/mol. The molecule has 0 radical (unpaired) electrons. The van der Waals surface area contributed by atoms with Gasteiger partial charge in [-0.15, -0.1) is 0 Å². The number of carbonyl (C=O) groups is 2. The standard InChI is InChI=1S/C21H31N3O3/c1-3-15(2)19(23-21(26)27-14-16-7-5-4-6-8-16)20(25)22-17-11-12-24(13-17)18-9-10-18/h4-8,15,17-19H,3,9-14H2,1-2H3,(H,22,25)(H,23,26)/t15-,17?,19-/m0/s1. The number of nitrogens with one attached hydrogen (secondary N) is 2. The lowest BCUT2D eigenvalue weighted by Gasteiger charge is -2.25. The summed E-state index contributed by atoms with van der Waals surface area (Å²) in [5.41, 5.74) is 0.920. The van der Waals surface area contributed by atoms with E-state index in [2.05, 4.69) is 15.5 Å². The van der Waals surface area contributed by atoms with E-state index in [0.29, 0.717) is 0 Å². The Bertz CT molecular complexity index is 633. The van der Waals surface area contributed by atoms with Crippen molar-refractivity contribution in [1.29, 1.82) is 0 Å². The predicted molar refractivity (Wildman–Crippen MR) is 104 cm³/mol. The molecule has 1 saturated carbocycles. The van der Waals surface area contributed by atoms with Crippen molar-refractivity contribution in [1.82, 2.24) is 15.5 Å². The van der Waals surface area contributed by atoms with Crippen molar-refractivity contribution in [3.8, 4) is 0 Å². The summed E-state index contributed by atoms with van der Waals surface area (Å²) < 4.78 is 5.29. The van der Waals surface area contributed by atoms with Gasteiger partial charge in [-0.1, -0.05) is 50.6 Å². The zero-order valence-corrected chi connectivity index (χ0v) is 16.3. The van der Waals surface area contributed by atoms with Gasteiger partial charge in [0, 0.05) is 25.2 Å². The Labute approximate surface area is 161 Å². The molecule has 1 heterocycles. The number of likely N-dealkylation sites (tertiary alicyclic amines) is 1. The van der Waals surface area contributed by atoms with Crippen LogP contribution in [0, 0.1) is 5.92 Å². The summed E-state index contributed by atoms with van der Waals surface area (Å²) in [6, 6.07) is 9.84. The summed E-state index contributed by atoms with van der Waals surface area (Å²) in [6.45, 7) is 6.16. The predicted octanol–water partition coefficient (Wildman–Crippen LogP) is 2.68. The van der Waals surface area contributed by atoms with E-state index in [0.717, 1.165) is 37.5 Å². The SMILES string of the molecule is CC[C@H](C)[C@H](NC(=O)OCc1ccccc1)C(=O)NC1CCN(C2CC2)C1. The largest absolute Gasteiger partial charge is 0.445 e. The van der Waals surface area contributed by atoms with Crippen molar-refractivity contribution >= 4 is 12.0 Å². The number of rotatable bonds is 8. The van der Waals surface area contributed by atoms with Crippen LogP contribution in [0.5, 0.6) is 0 Å². The van der Waals surface area contributed by atoms with Crippen molar-refractivity contribution in [3.63, 3.8) is 0 Å². The Hall–Kier alpha value is -2.08. The Morgan fingerprint density at radius 1 is 1.22 bits per heavy atom. The number of amides is 2. The summed E-state index contributed by atoms with van der Waals surface area (Å²) in [6.07, 6.45) is 3.80. The third-order valence-corrected chi connectivity index (χ3v) is 5.61. The Balaban J connectivity index is 1.49. The highest BCUT2D eigenvalue weighted by Crippen LogP contribution is 2.29. The lowest BCUT2D eigenvalue weighted by Crippen LogP contribution is -2.53. The van der Waals surface area contributed by atoms with Gasteiger partial charge in [-0.3, -0.25) is 9.69 Å². The molecular weight excluding hydrogens is 342 g/mol. The fraction of sp³-hybridized carbons (Fsp3) is 0.619. The van der Waals surface area contributed by atoms with Crippen LogP contribution in [0.3, 0.4) is 0 Å². The molecule has 3 atom stereocenters. The van der Waals surface area contributed by atoms with Gasteiger partial charge >= 0.3 is 6.09 Å². The van der Waals surface area contributed by atoms with Gasteiger partial charge in [-0.25, -0.2) is 4.79 Å². The zero-order valence-electron chi connectivity index (χ0n) is 16.3. The summed E-state index contributed by atoms with van der Waals surface area (Å²) in [5, 5.41) is 5.91. The monoisotopic (exact) mass is 373 g/mol. The second kappa shape index (κ2) is 9.22. The molecule has 1 aliphatic carbocycles. The molecule has 6 nitrogen and oxygen atoms in total. The molecule has 2 fully saturated rings. The van der Waals surface area contributed by atoms with Crippen molar-refractivity contribution in [2.45, 2.75) is 64.3 Å². The van der Waals surface area contributed by atoms with Crippen molar-refractivity contribution < 1.29 is 14.3 Å². The molecular formula is C21H31N3O3. The minimum atomic E-state index is -0.576. The lowest BCUT2D eigenvalue weighted by atomic mass is 9.98.